The van der Waals surface area contributed by atoms with Crippen LogP contribution >= 0.6 is 0 Å². The molecule has 0 radical (unpaired) electrons. The van der Waals surface area contributed by atoms with Crippen LogP contribution in [0.3, 0.4) is 0 Å². The minimum atomic E-state index is -0.00305. The van der Waals surface area contributed by atoms with E-state index in [0.29, 0.717) is 0 Å². The van der Waals surface area contributed by atoms with E-state index in [0.717, 1.165) is 35.2 Å². The zero-order valence-corrected chi connectivity index (χ0v) is 15.5. The van der Waals surface area contributed by atoms with Crippen LogP contribution < -0.4 is 19.5 Å². The number of fused-ring (bicyclic) bond motifs is 1. The van der Waals surface area contributed by atoms with E-state index in [4.69, 9.17) is 14.2 Å². The molecular weight excluding hydrogens is 344 g/mol. The van der Waals surface area contributed by atoms with E-state index in [1.165, 1.54) is 5.56 Å². The minimum Gasteiger partial charge on any atom is -0.497 e. The van der Waals surface area contributed by atoms with Crippen molar-refractivity contribution >= 4 is 5.95 Å². The van der Waals surface area contributed by atoms with Crippen molar-refractivity contribution in [1.29, 1.82) is 0 Å². The van der Waals surface area contributed by atoms with Gasteiger partial charge in [0.15, 0.2) is 0 Å². The average Bonchev–Trinajstić information content (AvgIpc) is 3.21. The summed E-state index contributed by atoms with van der Waals surface area (Å²) in [5.41, 5.74) is 2.22. The summed E-state index contributed by atoms with van der Waals surface area (Å²) in [6, 6.07) is 14.1. The Bertz CT molecular complexity index is 923. The number of nitrogens with one attached hydrogen (secondary N) is 1. The van der Waals surface area contributed by atoms with Gasteiger partial charge in [0, 0.05) is 11.6 Å². The Morgan fingerprint density at radius 3 is 2.41 bits per heavy atom. The van der Waals surface area contributed by atoms with Crippen molar-refractivity contribution in [2.24, 2.45) is 0 Å². The summed E-state index contributed by atoms with van der Waals surface area (Å²) in [4.78, 5) is 4.38. The molecule has 4 rings (SSSR count). The number of aromatic nitrogens is 3. The van der Waals surface area contributed by atoms with Gasteiger partial charge in [-0.25, -0.2) is 4.68 Å². The molecule has 1 N–H and O–H groups in total. The topological polar surface area (TPSA) is 70.4 Å². The van der Waals surface area contributed by atoms with Crippen LogP contribution in [0.15, 0.2) is 48.8 Å². The zero-order valence-electron chi connectivity index (χ0n) is 15.5. The summed E-state index contributed by atoms with van der Waals surface area (Å²) < 4.78 is 18.1. The number of rotatable bonds is 5. The molecule has 2 aromatic carbocycles. The van der Waals surface area contributed by atoms with Crippen LogP contribution in [-0.2, 0) is 0 Å². The van der Waals surface area contributed by atoms with Crippen molar-refractivity contribution in [3.8, 4) is 17.2 Å². The molecule has 0 fully saturated rings. The van der Waals surface area contributed by atoms with E-state index in [-0.39, 0.29) is 12.1 Å². The Balaban J connectivity index is 1.72. The van der Waals surface area contributed by atoms with Gasteiger partial charge in [0.05, 0.1) is 33.4 Å². The first kappa shape index (κ1) is 17.2. The molecule has 0 amide bonds. The summed E-state index contributed by atoms with van der Waals surface area (Å²) in [6.07, 6.45) is 2.38. The fraction of sp³-hybridized carbons (Fsp3) is 0.300. The predicted molar refractivity (Wildman–Crippen MR) is 102 cm³/mol. The van der Waals surface area contributed by atoms with Gasteiger partial charge in [0.2, 0.25) is 5.95 Å². The SMILES string of the molecule is COc1ccc([C@H]2C[C@H](c3ccc(OC)cc3OC)n3ncnc3N2)cc1. The lowest BCUT2D eigenvalue weighted by molar-refractivity contribution is 0.371. The molecule has 0 saturated carbocycles. The molecule has 3 aromatic rings. The molecule has 0 bridgehead atoms. The predicted octanol–water partition coefficient (Wildman–Crippen LogP) is 3.45. The van der Waals surface area contributed by atoms with Crippen molar-refractivity contribution in [3.63, 3.8) is 0 Å². The maximum Gasteiger partial charge on any atom is 0.222 e. The number of ether oxygens (including phenoxy) is 3. The van der Waals surface area contributed by atoms with Gasteiger partial charge in [-0.05, 0) is 36.2 Å². The van der Waals surface area contributed by atoms with Crippen LogP contribution in [0.25, 0.3) is 0 Å². The molecule has 1 aliphatic heterocycles. The monoisotopic (exact) mass is 366 g/mol. The van der Waals surface area contributed by atoms with Gasteiger partial charge >= 0.3 is 0 Å². The lowest BCUT2D eigenvalue weighted by atomic mass is 9.92. The van der Waals surface area contributed by atoms with Gasteiger partial charge in [0.25, 0.3) is 0 Å². The molecule has 2 atom stereocenters. The maximum atomic E-state index is 5.63. The van der Waals surface area contributed by atoms with Crippen molar-refractivity contribution in [2.75, 3.05) is 26.6 Å². The van der Waals surface area contributed by atoms with Crippen LogP contribution in [0.5, 0.6) is 17.2 Å². The Hall–Kier alpha value is -3.22. The van der Waals surface area contributed by atoms with E-state index in [1.54, 1.807) is 27.7 Å². The molecule has 7 nitrogen and oxygen atoms in total. The Labute approximate surface area is 157 Å². The Morgan fingerprint density at radius 1 is 0.963 bits per heavy atom. The Kier molecular flexibility index (Phi) is 4.58. The number of anilines is 1. The first-order valence-electron chi connectivity index (χ1n) is 8.75. The van der Waals surface area contributed by atoms with Gasteiger partial charge in [-0.2, -0.15) is 10.1 Å². The van der Waals surface area contributed by atoms with Crippen molar-refractivity contribution < 1.29 is 14.2 Å². The second-order valence-corrected chi connectivity index (χ2v) is 6.36. The van der Waals surface area contributed by atoms with Gasteiger partial charge in [-0.1, -0.05) is 12.1 Å². The smallest absolute Gasteiger partial charge is 0.222 e. The highest BCUT2D eigenvalue weighted by Crippen LogP contribution is 2.41. The summed E-state index contributed by atoms with van der Waals surface area (Å²) in [6.45, 7) is 0. The summed E-state index contributed by atoms with van der Waals surface area (Å²) in [5, 5.41) is 7.90. The number of benzene rings is 2. The molecule has 7 heteroatoms. The molecular formula is C20H22N4O3. The first-order chi connectivity index (χ1) is 13.2. The van der Waals surface area contributed by atoms with E-state index < -0.39 is 0 Å². The van der Waals surface area contributed by atoms with Crippen LogP contribution in [-0.4, -0.2) is 36.1 Å². The number of hydrogen-bond acceptors (Lipinski definition) is 6. The quantitative estimate of drug-likeness (QED) is 0.746. The molecule has 27 heavy (non-hydrogen) atoms. The van der Waals surface area contributed by atoms with Crippen molar-refractivity contribution in [2.45, 2.75) is 18.5 Å². The third-order valence-electron chi connectivity index (χ3n) is 4.95. The van der Waals surface area contributed by atoms with Crippen LogP contribution in [0.2, 0.25) is 0 Å². The van der Waals surface area contributed by atoms with Gasteiger partial charge in [0.1, 0.15) is 23.6 Å². The third kappa shape index (κ3) is 3.16. The number of methoxy groups -OCH3 is 3. The van der Waals surface area contributed by atoms with Gasteiger partial charge in [-0.15, -0.1) is 0 Å². The standard InChI is InChI=1S/C20H22N4O3/c1-25-14-6-4-13(5-7-14)17-11-18(24-20(23-17)21-12-22-24)16-9-8-15(26-2)10-19(16)27-3/h4-10,12,17-18H,11H2,1-3H3,(H,21,22,23)/t17-,18-/m1/s1. The van der Waals surface area contributed by atoms with Crippen molar-refractivity contribution in [1.82, 2.24) is 14.8 Å². The van der Waals surface area contributed by atoms with Crippen LogP contribution in [0.4, 0.5) is 5.95 Å². The van der Waals surface area contributed by atoms with Crippen molar-refractivity contribution in [3.05, 3.63) is 59.9 Å². The summed E-state index contributed by atoms with van der Waals surface area (Å²) in [5.74, 6) is 3.11. The molecule has 1 aromatic heterocycles. The fourth-order valence-corrected chi connectivity index (χ4v) is 3.53. The van der Waals surface area contributed by atoms with Gasteiger partial charge < -0.3 is 19.5 Å². The van der Waals surface area contributed by atoms with E-state index in [1.807, 2.05) is 35.0 Å². The number of hydrogen-bond donors (Lipinski definition) is 1. The van der Waals surface area contributed by atoms with E-state index in [9.17, 15) is 0 Å². The first-order valence-corrected chi connectivity index (χ1v) is 8.75. The molecule has 0 saturated heterocycles. The van der Waals surface area contributed by atoms with Crippen LogP contribution in [0, 0.1) is 0 Å². The zero-order chi connectivity index (χ0) is 18.8. The minimum absolute atomic E-state index is 0.00305. The number of nitrogens with zero attached hydrogens (tertiary/aromatic N) is 3. The highest BCUT2D eigenvalue weighted by molar-refractivity contribution is 5.46. The lowest BCUT2D eigenvalue weighted by Crippen LogP contribution is -2.28. The van der Waals surface area contributed by atoms with Gasteiger partial charge in [-0.3, -0.25) is 0 Å². The average molecular weight is 366 g/mol. The second-order valence-electron chi connectivity index (χ2n) is 6.36. The second kappa shape index (κ2) is 7.19. The summed E-state index contributed by atoms with van der Waals surface area (Å²) in [7, 11) is 4.99. The molecule has 1 aliphatic rings. The maximum absolute atomic E-state index is 5.63. The summed E-state index contributed by atoms with van der Waals surface area (Å²) >= 11 is 0. The lowest BCUT2D eigenvalue weighted by Gasteiger charge is -2.32. The van der Waals surface area contributed by atoms with E-state index in [2.05, 4.69) is 27.5 Å². The normalized spacial score (nSPS) is 18.3. The Morgan fingerprint density at radius 2 is 1.70 bits per heavy atom. The van der Waals surface area contributed by atoms with E-state index >= 15 is 0 Å². The molecule has 0 aliphatic carbocycles. The molecule has 140 valence electrons. The highest BCUT2D eigenvalue weighted by atomic mass is 16.5. The fourth-order valence-electron chi connectivity index (χ4n) is 3.53. The molecule has 2 heterocycles. The molecule has 0 spiro atoms. The molecule has 0 unspecified atom stereocenters. The highest BCUT2D eigenvalue weighted by Gasteiger charge is 2.31. The third-order valence-corrected chi connectivity index (χ3v) is 4.95. The van der Waals surface area contributed by atoms with Crippen LogP contribution in [0.1, 0.15) is 29.6 Å². The largest absolute Gasteiger partial charge is 0.497 e.